The predicted octanol–water partition coefficient (Wildman–Crippen LogP) is 6.01. The summed E-state index contributed by atoms with van der Waals surface area (Å²) < 4.78 is 10.5. The number of carbonyl (C=O) groups is 3. The molecule has 4 rings (SSSR count). The molecule has 1 amide bonds. The van der Waals surface area contributed by atoms with Crippen LogP contribution >= 0.6 is 0 Å². The largest absolute Gasteiger partial charge is 0.467 e. The minimum atomic E-state index is -0.916. The third-order valence-electron chi connectivity index (χ3n) is 7.54. The van der Waals surface area contributed by atoms with E-state index in [-0.39, 0.29) is 12.5 Å². The van der Waals surface area contributed by atoms with Crippen LogP contribution in [0.1, 0.15) is 31.4 Å². The second-order valence-corrected chi connectivity index (χ2v) is 10.6. The van der Waals surface area contributed by atoms with Crippen molar-refractivity contribution in [2.45, 2.75) is 51.2 Å². The maximum atomic E-state index is 14.6. The molecule has 0 unspecified atom stereocenters. The minimum Gasteiger partial charge on any atom is -0.467 e. The molecule has 0 aliphatic carbocycles. The van der Waals surface area contributed by atoms with Crippen LogP contribution in [-0.2, 0) is 36.7 Å². The number of hydrogen-bond acceptors (Lipinski definition) is 6. The van der Waals surface area contributed by atoms with Gasteiger partial charge in [-0.25, -0.2) is 4.79 Å². The smallest absolute Gasteiger partial charge is 0.328 e. The van der Waals surface area contributed by atoms with Gasteiger partial charge in [-0.3, -0.25) is 19.8 Å². The van der Waals surface area contributed by atoms with E-state index in [2.05, 4.69) is 5.32 Å². The highest BCUT2D eigenvalue weighted by Gasteiger charge is 2.35. The summed E-state index contributed by atoms with van der Waals surface area (Å²) in [5.74, 6) is -1.32. The van der Waals surface area contributed by atoms with E-state index in [1.54, 1.807) is 13.8 Å². The van der Waals surface area contributed by atoms with Crippen LogP contribution in [-0.4, -0.2) is 49.7 Å². The molecular formula is C37H40N2O5. The van der Waals surface area contributed by atoms with Crippen molar-refractivity contribution in [3.63, 3.8) is 0 Å². The van der Waals surface area contributed by atoms with E-state index in [0.29, 0.717) is 24.9 Å². The number of ether oxygens (including phenoxy) is 2. The number of rotatable bonds is 14. The molecule has 0 bridgehead atoms. The Morgan fingerprint density at radius 3 is 1.82 bits per heavy atom. The number of methoxy groups -OCH3 is 1. The molecule has 0 fully saturated rings. The zero-order valence-electron chi connectivity index (χ0n) is 25.5. The molecule has 0 spiro atoms. The van der Waals surface area contributed by atoms with Crippen molar-refractivity contribution in [2.24, 2.45) is 0 Å². The summed E-state index contributed by atoms with van der Waals surface area (Å²) in [5.41, 5.74) is 4.56. The van der Waals surface area contributed by atoms with E-state index in [1.165, 1.54) is 12.0 Å². The number of anilines is 1. The van der Waals surface area contributed by atoms with Gasteiger partial charge in [0.15, 0.2) is 0 Å². The van der Waals surface area contributed by atoms with Gasteiger partial charge in [0.2, 0.25) is 5.91 Å². The quantitative estimate of drug-likeness (QED) is 0.181. The summed E-state index contributed by atoms with van der Waals surface area (Å²) in [6.07, 6.45) is 1.35. The fourth-order valence-electron chi connectivity index (χ4n) is 5.21. The zero-order valence-corrected chi connectivity index (χ0v) is 25.5. The number of hydrogen-bond donors (Lipinski definition) is 1. The molecule has 0 heterocycles. The summed E-state index contributed by atoms with van der Waals surface area (Å²) in [7, 11) is 1.31. The van der Waals surface area contributed by atoms with Gasteiger partial charge >= 0.3 is 11.9 Å². The summed E-state index contributed by atoms with van der Waals surface area (Å²) in [6, 6.07) is 34.4. The Kier molecular flexibility index (Phi) is 11.8. The highest BCUT2D eigenvalue weighted by atomic mass is 16.5. The number of nitrogens with zero attached hydrogens (tertiary/aromatic N) is 1. The second kappa shape index (κ2) is 16.2. The number of esters is 2. The van der Waals surface area contributed by atoms with Gasteiger partial charge in [-0.15, -0.1) is 0 Å². The average Bonchev–Trinajstić information content (AvgIpc) is 3.07. The van der Waals surface area contributed by atoms with Crippen LogP contribution in [0, 0.1) is 0 Å². The van der Waals surface area contributed by atoms with Gasteiger partial charge in [0, 0.05) is 5.69 Å². The van der Waals surface area contributed by atoms with Crippen LogP contribution in [0.5, 0.6) is 0 Å². The maximum Gasteiger partial charge on any atom is 0.328 e. The van der Waals surface area contributed by atoms with Crippen molar-refractivity contribution in [3.05, 3.63) is 126 Å². The van der Waals surface area contributed by atoms with Crippen molar-refractivity contribution in [2.75, 3.05) is 18.6 Å². The predicted molar refractivity (Wildman–Crippen MR) is 173 cm³/mol. The number of carbonyl (C=O) groups excluding carboxylic acids is 3. The number of aryl methyl sites for hydroxylation is 1. The SMILES string of the molecule is CCOC(=O)[C@H](CCc1ccccc1)N[C@@H](Cc1ccccc1)C(=O)N(c1ccc(-c2ccccc2)cc1)[C@@H](C)C(=O)OC. The lowest BCUT2D eigenvalue weighted by Crippen LogP contribution is -2.56. The Balaban J connectivity index is 1.69. The Labute approximate surface area is 259 Å². The first-order chi connectivity index (χ1) is 21.4. The monoisotopic (exact) mass is 592 g/mol. The number of amides is 1. The fourth-order valence-corrected chi connectivity index (χ4v) is 5.21. The van der Waals surface area contributed by atoms with Crippen molar-refractivity contribution < 1.29 is 23.9 Å². The molecule has 0 radical (unpaired) electrons. The molecule has 44 heavy (non-hydrogen) atoms. The standard InChI is InChI=1S/C37H40N2O5/c1-4-44-37(42)33(25-20-28-14-8-5-9-15-28)38-34(26-29-16-10-6-11-17-29)35(40)39(27(2)36(41)43-3)32-23-21-31(22-24-32)30-18-12-7-13-19-30/h5-19,21-24,27,33-34,38H,4,20,25-26H2,1-3H3/t27-,33-,34-/m0/s1. The van der Waals surface area contributed by atoms with Gasteiger partial charge < -0.3 is 9.47 Å². The van der Waals surface area contributed by atoms with Crippen LogP contribution in [0.2, 0.25) is 0 Å². The maximum absolute atomic E-state index is 14.6. The van der Waals surface area contributed by atoms with Crippen molar-refractivity contribution in [3.8, 4) is 11.1 Å². The van der Waals surface area contributed by atoms with Crippen LogP contribution < -0.4 is 10.2 Å². The van der Waals surface area contributed by atoms with Gasteiger partial charge in [-0.2, -0.15) is 0 Å². The molecule has 0 aliphatic heterocycles. The van der Waals surface area contributed by atoms with Gasteiger partial charge in [0.1, 0.15) is 12.1 Å². The molecule has 0 aliphatic rings. The molecule has 4 aromatic carbocycles. The highest BCUT2D eigenvalue weighted by Crippen LogP contribution is 2.26. The van der Waals surface area contributed by atoms with Crippen LogP contribution in [0.3, 0.4) is 0 Å². The van der Waals surface area contributed by atoms with Crippen LogP contribution in [0.25, 0.3) is 11.1 Å². The zero-order chi connectivity index (χ0) is 31.3. The first kappa shape index (κ1) is 32.2. The molecule has 7 heteroatoms. The Bertz CT molecular complexity index is 1480. The lowest BCUT2D eigenvalue weighted by Gasteiger charge is -2.33. The van der Waals surface area contributed by atoms with E-state index in [9.17, 15) is 14.4 Å². The first-order valence-electron chi connectivity index (χ1n) is 15.0. The molecule has 3 atom stereocenters. The molecule has 7 nitrogen and oxygen atoms in total. The Morgan fingerprint density at radius 2 is 1.25 bits per heavy atom. The van der Waals surface area contributed by atoms with E-state index in [0.717, 1.165) is 22.3 Å². The fraction of sp³-hybridized carbons (Fsp3) is 0.270. The normalized spacial score (nSPS) is 12.9. The van der Waals surface area contributed by atoms with Gasteiger partial charge in [-0.1, -0.05) is 103 Å². The van der Waals surface area contributed by atoms with Gasteiger partial charge in [0.05, 0.1) is 19.8 Å². The van der Waals surface area contributed by atoms with Crippen molar-refractivity contribution in [1.82, 2.24) is 5.32 Å². The van der Waals surface area contributed by atoms with Crippen molar-refractivity contribution >= 4 is 23.5 Å². The first-order valence-corrected chi connectivity index (χ1v) is 15.0. The van der Waals surface area contributed by atoms with Gasteiger partial charge in [0.25, 0.3) is 0 Å². The van der Waals surface area contributed by atoms with E-state index in [1.807, 2.05) is 115 Å². The molecule has 0 aromatic heterocycles. The molecule has 4 aromatic rings. The van der Waals surface area contributed by atoms with Crippen molar-refractivity contribution in [1.29, 1.82) is 0 Å². The van der Waals surface area contributed by atoms with E-state index in [4.69, 9.17) is 9.47 Å². The van der Waals surface area contributed by atoms with Crippen LogP contribution in [0.15, 0.2) is 115 Å². The summed E-state index contributed by atoms with van der Waals surface area (Å²) in [5, 5.41) is 3.34. The molecular weight excluding hydrogens is 552 g/mol. The molecule has 1 N–H and O–H groups in total. The lowest BCUT2D eigenvalue weighted by atomic mass is 9.99. The highest BCUT2D eigenvalue weighted by molar-refractivity contribution is 6.02. The Hall–Kier alpha value is -4.75. The molecule has 0 saturated heterocycles. The third kappa shape index (κ3) is 8.64. The summed E-state index contributed by atoms with van der Waals surface area (Å²) >= 11 is 0. The molecule has 228 valence electrons. The average molecular weight is 593 g/mol. The summed E-state index contributed by atoms with van der Waals surface area (Å²) in [4.78, 5) is 42.1. The van der Waals surface area contributed by atoms with E-state index >= 15 is 0 Å². The summed E-state index contributed by atoms with van der Waals surface area (Å²) in [6.45, 7) is 3.63. The number of nitrogens with one attached hydrogen (secondary N) is 1. The molecule has 0 saturated carbocycles. The van der Waals surface area contributed by atoms with E-state index < -0.39 is 30.1 Å². The Morgan fingerprint density at radius 1 is 0.705 bits per heavy atom. The minimum absolute atomic E-state index is 0.221. The van der Waals surface area contributed by atoms with Crippen LogP contribution in [0.4, 0.5) is 5.69 Å². The topological polar surface area (TPSA) is 84.9 Å². The van der Waals surface area contributed by atoms with Gasteiger partial charge in [-0.05, 0) is 67.5 Å². The number of benzene rings is 4. The third-order valence-corrected chi connectivity index (χ3v) is 7.54. The second-order valence-electron chi connectivity index (χ2n) is 10.6. The lowest BCUT2D eigenvalue weighted by molar-refractivity contribution is -0.146.